The number of aryl methyl sites for hydroxylation is 2. The number of rotatable bonds is 6. The molecule has 1 amide bonds. The number of sulfonamides is 1. The molecular weight excluding hydrogens is 466 g/mol. The van der Waals surface area contributed by atoms with Crippen LogP contribution in [0.1, 0.15) is 30.5 Å². The van der Waals surface area contributed by atoms with Gasteiger partial charge in [-0.3, -0.25) is 4.79 Å². The van der Waals surface area contributed by atoms with Crippen molar-refractivity contribution in [3.63, 3.8) is 0 Å². The number of carbonyl (C=O) groups excluding carboxylic acids is 1. The summed E-state index contributed by atoms with van der Waals surface area (Å²) in [6, 6.07) is 12.1. The molecule has 2 N–H and O–H groups in total. The number of carbonyl (C=O) groups is 1. The van der Waals surface area contributed by atoms with Gasteiger partial charge in [-0.05, 0) is 57.5 Å². The van der Waals surface area contributed by atoms with Gasteiger partial charge >= 0.3 is 0 Å². The third-order valence-electron chi connectivity index (χ3n) is 5.71. The number of nitrogens with zero attached hydrogens (tertiary/aromatic N) is 4. The molecule has 1 aliphatic rings. The average Bonchev–Trinajstić information content (AvgIpc) is 3.25. The first-order chi connectivity index (χ1) is 16.4. The summed E-state index contributed by atoms with van der Waals surface area (Å²) in [5.41, 5.74) is 8.80. The molecule has 0 spiro atoms. The molecule has 0 saturated carbocycles. The van der Waals surface area contributed by atoms with Crippen LogP contribution in [0.4, 0.5) is 0 Å². The predicted octanol–water partition coefficient (Wildman–Crippen LogP) is 2.84. The molecule has 2 heterocycles. The highest BCUT2D eigenvalue weighted by Gasteiger charge is 2.34. The number of hydrogen-bond acceptors (Lipinski definition) is 6. The van der Waals surface area contributed by atoms with E-state index >= 15 is 0 Å². The SMILES string of the molecule is Cc1cc(C)cc(-c2ncn(/C=C(/C(N)=O)c3ccc(S(=O)(=O)N4CCOC(C)(C)C4)cc3)n2)c1. The van der Waals surface area contributed by atoms with E-state index in [1.54, 1.807) is 12.1 Å². The number of benzene rings is 2. The molecule has 3 aromatic rings. The molecule has 0 atom stereocenters. The van der Waals surface area contributed by atoms with Crippen LogP contribution in [-0.2, 0) is 19.6 Å². The molecule has 10 heteroatoms. The number of morpholine rings is 1. The third-order valence-corrected chi connectivity index (χ3v) is 7.57. The molecule has 1 fully saturated rings. The van der Waals surface area contributed by atoms with E-state index in [1.807, 2.05) is 39.8 Å². The van der Waals surface area contributed by atoms with Crippen LogP contribution in [0.5, 0.6) is 0 Å². The fraction of sp³-hybridized carbons (Fsp3) is 0.320. The molecular formula is C25H29N5O4S. The lowest BCUT2D eigenvalue weighted by Crippen LogP contribution is -2.50. The van der Waals surface area contributed by atoms with Crippen LogP contribution in [0.15, 0.2) is 53.7 Å². The summed E-state index contributed by atoms with van der Waals surface area (Å²) in [5, 5.41) is 4.45. The van der Waals surface area contributed by atoms with Crippen LogP contribution in [0.25, 0.3) is 23.2 Å². The molecule has 9 nitrogen and oxygen atoms in total. The summed E-state index contributed by atoms with van der Waals surface area (Å²) in [6.45, 7) is 8.61. The minimum atomic E-state index is -3.70. The summed E-state index contributed by atoms with van der Waals surface area (Å²) in [5.74, 6) is -0.147. The topological polar surface area (TPSA) is 120 Å². The first-order valence-electron chi connectivity index (χ1n) is 11.2. The molecule has 0 radical (unpaired) electrons. The van der Waals surface area contributed by atoms with E-state index in [-0.39, 0.29) is 23.6 Å². The zero-order valence-corrected chi connectivity index (χ0v) is 21.0. The fourth-order valence-electron chi connectivity index (χ4n) is 4.12. The standard InChI is InChI=1S/C25H29N5O4S/c1-17-11-18(2)13-20(12-17)24-27-16-29(28-24)14-22(23(26)31)19-5-7-21(8-6-19)35(32,33)30-9-10-34-25(3,4)15-30/h5-8,11-14,16H,9-10,15H2,1-4H3,(H2,26,31)/b22-14+. The van der Waals surface area contributed by atoms with Gasteiger partial charge in [-0.15, -0.1) is 5.10 Å². The number of hydrogen-bond donors (Lipinski definition) is 1. The summed E-state index contributed by atoms with van der Waals surface area (Å²) >= 11 is 0. The van der Waals surface area contributed by atoms with Gasteiger partial charge in [0.25, 0.3) is 5.91 Å². The largest absolute Gasteiger partial charge is 0.373 e. The smallest absolute Gasteiger partial charge is 0.250 e. The first-order valence-corrected chi connectivity index (χ1v) is 12.6. The van der Waals surface area contributed by atoms with Crippen LogP contribution >= 0.6 is 0 Å². The van der Waals surface area contributed by atoms with Crippen molar-refractivity contribution in [2.75, 3.05) is 19.7 Å². The minimum absolute atomic E-state index is 0.139. The van der Waals surface area contributed by atoms with Crippen LogP contribution in [-0.4, -0.2) is 58.7 Å². The van der Waals surface area contributed by atoms with Gasteiger partial charge in [0, 0.05) is 24.9 Å². The van der Waals surface area contributed by atoms with Gasteiger partial charge in [0.15, 0.2) is 5.82 Å². The maximum absolute atomic E-state index is 13.1. The molecule has 0 bridgehead atoms. The van der Waals surface area contributed by atoms with Gasteiger partial charge in [-0.25, -0.2) is 18.1 Å². The Labute approximate surface area is 205 Å². The number of primary amides is 1. The number of nitrogens with two attached hydrogens (primary N) is 1. The number of ether oxygens (including phenoxy) is 1. The van der Waals surface area contributed by atoms with Crippen LogP contribution in [0.3, 0.4) is 0 Å². The zero-order valence-electron chi connectivity index (χ0n) is 20.2. The molecule has 1 saturated heterocycles. The second kappa shape index (κ2) is 9.37. The third kappa shape index (κ3) is 5.50. The van der Waals surface area contributed by atoms with Crippen molar-refractivity contribution in [3.05, 3.63) is 65.5 Å². The average molecular weight is 496 g/mol. The summed E-state index contributed by atoms with van der Waals surface area (Å²) in [4.78, 5) is 16.7. The normalized spacial score (nSPS) is 16.9. The van der Waals surface area contributed by atoms with Crippen LogP contribution < -0.4 is 5.73 Å². The fourth-order valence-corrected chi connectivity index (χ4v) is 5.69. The van der Waals surface area contributed by atoms with Crippen molar-refractivity contribution in [2.24, 2.45) is 5.73 Å². The van der Waals surface area contributed by atoms with Gasteiger partial charge in [0.05, 0.1) is 22.7 Å². The maximum atomic E-state index is 13.1. The highest BCUT2D eigenvalue weighted by Crippen LogP contribution is 2.25. The summed E-state index contributed by atoms with van der Waals surface area (Å²) in [7, 11) is -3.70. The Kier molecular flexibility index (Phi) is 6.63. The van der Waals surface area contributed by atoms with Crippen molar-refractivity contribution < 1.29 is 17.9 Å². The van der Waals surface area contributed by atoms with Gasteiger partial charge in [0.1, 0.15) is 6.33 Å². The Morgan fingerprint density at radius 2 is 1.77 bits per heavy atom. The minimum Gasteiger partial charge on any atom is -0.373 e. The van der Waals surface area contributed by atoms with Gasteiger partial charge in [-0.2, -0.15) is 4.31 Å². The second-order valence-corrected chi connectivity index (χ2v) is 11.2. The number of amides is 1. The Morgan fingerprint density at radius 1 is 1.11 bits per heavy atom. The summed E-state index contributed by atoms with van der Waals surface area (Å²) in [6.07, 6.45) is 2.98. The lowest BCUT2D eigenvalue weighted by Gasteiger charge is -2.37. The molecule has 35 heavy (non-hydrogen) atoms. The van der Waals surface area contributed by atoms with Gasteiger partial charge in [-0.1, -0.05) is 29.3 Å². The van der Waals surface area contributed by atoms with E-state index < -0.39 is 21.5 Å². The quantitative estimate of drug-likeness (QED) is 0.525. The van der Waals surface area contributed by atoms with Gasteiger partial charge in [0.2, 0.25) is 10.0 Å². The molecule has 184 valence electrons. The molecule has 1 aliphatic heterocycles. The molecule has 0 aliphatic carbocycles. The summed E-state index contributed by atoms with van der Waals surface area (Å²) < 4.78 is 34.7. The van der Waals surface area contributed by atoms with Crippen molar-refractivity contribution in [1.29, 1.82) is 0 Å². The van der Waals surface area contributed by atoms with E-state index in [9.17, 15) is 13.2 Å². The molecule has 0 unspecified atom stereocenters. The predicted molar refractivity (Wildman–Crippen MR) is 134 cm³/mol. The maximum Gasteiger partial charge on any atom is 0.250 e. The number of aromatic nitrogens is 3. The lowest BCUT2D eigenvalue weighted by atomic mass is 10.1. The van der Waals surface area contributed by atoms with Crippen LogP contribution in [0.2, 0.25) is 0 Å². The van der Waals surface area contributed by atoms with Crippen LogP contribution in [0, 0.1) is 13.8 Å². The molecule has 4 rings (SSSR count). The Morgan fingerprint density at radius 3 is 2.37 bits per heavy atom. The monoisotopic (exact) mass is 495 g/mol. The highest BCUT2D eigenvalue weighted by molar-refractivity contribution is 7.89. The van der Waals surface area contributed by atoms with E-state index in [0.717, 1.165) is 16.7 Å². The Hall–Kier alpha value is -3.34. The van der Waals surface area contributed by atoms with Crippen molar-refractivity contribution >= 4 is 27.7 Å². The lowest BCUT2D eigenvalue weighted by molar-refractivity contribution is -0.112. The second-order valence-electron chi connectivity index (χ2n) is 9.30. The Bertz CT molecular complexity index is 1370. The van der Waals surface area contributed by atoms with Gasteiger partial charge < -0.3 is 10.5 Å². The van der Waals surface area contributed by atoms with E-state index in [1.165, 1.54) is 33.6 Å². The van der Waals surface area contributed by atoms with Crippen molar-refractivity contribution in [1.82, 2.24) is 19.1 Å². The van der Waals surface area contributed by atoms with E-state index in [2.05, 4.69) is 16.1 Å². The highest BCUT2D eigenvalue weighted by atomic mass is 32.2. The van der Waals surface area contributed by atoms with E-state index in [4.69, 9.17) is 10.5 Å². The Balaban J connectivity index is 1.61. The zero-order chi connectivity index (χ0) is 25.4. The van der Waals surface area contributed by atoms with E-state index in [0.29, 0.717) is 18.0 Å². The molecule has 2 aromatic carbocycles. The molecule has 1 aromatic heterocycles. The van der Waals surface area contributed by atoms with Crippen molar-refractivity contribution in [2.45, 2.75) is 38.2 Å². The van der Waals surface area contributed by atoms with Crippen molar-refractivity contribution in [3.8, 4) is 11.4 Å². The first kappa shape index (κ1) is 24.8.